The molecule has 0 fully saturated rings. The van der Waals surface area contributed by atoms with Crippen molar-refractivity contribution in [3.63, 3.8) is 0 Å². The Morgan fingerprint density at radius 1 is 1.36 bits per heavy atom. The maximum absolute atomic E-state index is 4.54. The highest BCUT2D eigenvalue weighted by Gasteiger charge is 2.15. The van der Waals surface area contributed by atoms with Crippen LogP contribution >= 0.6 is 0 Å². The normalized spacial score (nSPS) is 14.7. The highest BCUT2D eigenvalue weighted by atomic mass is 14.9. The molecular formula is C12H18N2. The molecule has 14 heavy (non-hydrogen) atoms. The number of pyridine rings is 1. The zero-order chi connectivity index (χ0) is 9.97. The molecule has 0 spiro atoms. The van der Waals surface area contributed by atoms with E-state index in [0.717, 1.165) is 25.8 Å². The van der Waals surface area contributed by atoms with Crippen LogP contribution in [0.15, 0.2) is 6.20 Å². The van der Waals surface area contributed by atoms with Crippen molar-refractivity contribution in [1.82, 2.24) is 4.98 Å². The quantitative estimate of drug-likeness (QED) is 0.775. The third kappa shape index (κ3) is 1.49. The summed E-state index contributed by atoms with van der Waals surface area (Å²) in [6, 6.07) is 0. The van der Waals surface area contributed by atoms with Crippen molar-refractivity contribution in [3.8, 4) is 0 Å². The minimum Gasteiger partial charge on any atom is -0.383 e. The van der Waals surface area contributed by atoms with Crippen molar-refractivity contribution in [1.29, 1.82) is 0 Å². The van der Waals surface area contributed by atoms with Crippen molar-refractivity contribution < 1.29 is 0 Å². The number of nitrogens with one attached hydrogen (secondary N) is 1. The van der Waals surface area contributed by atoms with E-state index >= 15 is 0 Å². The van der Waals surface area contributed by atoms with E-state index in [0.29, 0.717) is 0 Å². The van der Waals surface area contributed by atoms with Crippen molar-refractivity contribution in [2.75, 3.05) is 11.9 Å². The Morgan fingerprint density at radius 2 is 2.21 bits per heavy atom. The lowest BCUT2D eigenvalue weighted by atomic mass is 9.98. The van der Waals surface area contributed by atoms with Crippen molar-refractivity contribution in [2.45, 2.75) is 39.5 Å². The van der Waals surface area contributed by atoms with E-state index in [1.54, 1.807) is 0 Å². The van der Waals surface area contributed by atoms with Crippen molar-refractivity contribution in [3.05, 3.63) is 23.0 Å². The largest absolute Gasteiger partial charge is 0.383 e. The fourth-order valence-electron chi connectivity index (χ4n) is 2.21. The molecule has 2 heterocycles. The molecule has 2 heteroatoms. The summed E-state index contributed by atoms with van der Waals surface area (Å²) in [6.45, 7) is 5.53. The van der Waals surface area contributed by atoms with Gasteiger partial charge in [0.25, 0.3) is 0 Å². The molecule has 1 aromatic heterocycles. The van der Waals surface area contributed by atoms with Gasteiger partial charge in [-0.05, 0) is 36.8 Å². The van der Waals surface area contributed by atoms with Gasteiger partial charge in [0.2, 0.25) is 0 Å². The minimum absolute atomic E-state index is 1.09. The molecular weight excluding hydrogens is 172 g/mol. The number of hydrogen-bond donors (Lipinski definition) is 1. The first-order valence-corrected chi connectivity index (χ1v) is 5.60. The minimum atomic E-state index is 1.09. The van der Waals surface area contributed by atoms with Crippen LogP contribution in [0.1, 0.15) is 37.1 Å². The summed E-state index contributed by atoms with van der Waals surface area (Å²) in [6.07, 6.45) is 6.62. The first kappa shape index (κ1) is 9.50. The Bertz CT molecular complexity index is 316. The van der Waals surface area contributed by atoms with E-state index in [4.69, 9.17) is 0 Å². The molecule has 0 aliphatic carbocycles. The average molecular weight is 190 g/mol. The molecule has 0 saturated carbocycles. The third-order valence-corrected chi connectivity index (χ3v) is 2.98. The van der Waals surface area contributed by atoms with Crippen LogP contribution in [-0.2, 0) is 19.3 Å². The first-order chi connectivity index (χ1) is 6.86. The van der Waals surface area contributed by atoms with E-state index in [1.807, 2.05) is 0 Å². The molecule has 0 atom stereocenters. The lowest BCUT2D eigenvalue weighted by Crippen LogP contribution is -2.16. The third-order valence-electron chi connectivity index (χ3n) is 2.98. The summed E-state index contributed by atoms with van der Waals surface area (Å²) < 4.78 is 0. The summed E-state index contributed by atoms with van der Waals surface area (Å²) in [4.78, 5) is 4.54. The molecule has 0 amide bonds. The Kier molecular flexibility index (Phi) is 2.71. The van der Waals surface area contributed by atoms with Crippen LogP contribution in [0.5, 0.6) is 0 Å². The standard InChI is InChI=1S/C12H18N2/c1-3-9-8-14-11-6-5-7-13-12(11)10(9)4-2/h8,13H,3-7H2,1-2H3. The van der Waals surface area contributed by atoms with Crippen LogP contribution in [0.3, 0.4) is 0 Å². The Hall–Kier alpha value is -1.05. The molecule has 0 saturated heterocycles. The van der Waals surface area contributed by atoms with E-state index in [9.17, 15) is 0 Å². The van der Waals surface area contributed by atoms with Gasteiger partial charge in [-0.1, -0.05) is 13.8 Å². The lowest BCUT2D eigenvalue weighted by Gasteiger charge is -2.21. The zero-order valence-corrected chi connectivity index (χ0v) is 9.06. The lowest BCUT2D eigenvalue weighted by molar-refractivity contribution is 0.790. The van der Waals surface area contributed by atoms with Crippen LogP contribution < -0.4 is 5.32 Å². The Morgan fingerprint density at radius 3 is 2.93 bits per heavy atom. The van der Waals surface area contributed by atoms with Gasteiger partial charge < -0.3 is 5.32 Å². The highest BCUT2D eigenvalue weighted by Crippen LogP contribution is 2.27. The summed E-state index contributed by atoms with van der Waals surface area (Å²) in [7, 11) is 0. The van der Waals surface area contributed by atoms with Gasteiger partial charge in [0, 0.05) is 12.7 Å². The predicted molar refractivity (Wildman–Crippen MR) is 59.8 cm³/mol. The molecule has 1 N–H and O–H groups in total. The van der Waals surface area contributed by atoms with E-state index in [-0.39, 0.29) is 0 Å². The molecule has 0 bridgehead atoms. The fourth-order valence-corrected chi connectivity index (χ4v) is 2.21. The van der Waals surface area contributed by atoms with Crippen molar-refractivity contribution >= 4 is 5.69 Å². The van der Waals surface area contributed by atoms with Gasteiger partial charge in [-0.3, -0.25) is 4.98 Å². The fraction of sp³-hybridized carbons (Fsp3) is 0.583. The van der Waals surface area contributed by atoms with Gasteiger partial charge in [-0.15, -0.1) is 0 Å². The smallest absolute Gasteiger partial charge is 0.0638 e. The molecule has 2 nitrogen and oxygen atoms in total. The van der Waals surface area contributed by atoms with Gasteiger partial charge in [0.15, 0.2) is 0 Å². The van der Waals surface area contributed by atoms with Gasteiger partial charge in [0.1, 0.15) is 0 Å². The molecule has 76 valence electrons. The predicted octanol–water partition coefficient (Wildman–Crippen LogP) is 2.56. The summed E-state index contributed by atoms with van der Waals surface area (Å²) in [5.41, 5.74) is 5.49. The second kappa shape index (κ2) is 3.99. The number of anilines is 1. The Labute approximate surface area is 85.7 Å². The van der Waals surface area contributed by atoms with Crippen LogP contribution in [0.25, 0.3) is 0 Å². The zero-order valence-electron chi connectivity index (χ0n) is 9.06. The van der Waals surface area contributed by atoms with Crippen molar-refractivity contribution in [2.24, 2.45) is 0 Å². The van der Waals surface area contributed by atoms with Gasteiger partial charge in [-0.2, -0.15) is 0 Å². The number of rotatable bonds is 2. The Balaban J connectivity index is 2.50. The number of hydrogen-bond acceptors (Lipinski definition) is 2. The second-order valence-corrected chi connectivity index (χ2v) is 3.82. The number of aromatic nitrogens is 1. The second-order valence-electron chi connectivity index (χ2n) is 3.82. The molecule has 1 aliphatic rings. The summed E-state index contributed by atoms with van der Waals surface area (Å²) in [5, 5.41) is 3.49. The van der Waals surface area contributed by atoms with Crippen LogP contribution in [0, 0.1) is 0 Å². The first-order valence-electron chi connectivity index (χ1n) is 5.60. The van der Waals surface area contributed by atoms with E-state index in [1.165, 1.54) is 28.9 Å². The molecule has 0 aromatic carbocycles. The average Bonchev–Trinajstić information content (AvgIpc) is 2.27. The molecule has 2 rings (SSSR count). The summed E-state index contributed by atoms with van der Waals surface area (Å²) >= 11 is 0. The van der Waals surface area contributed by atoms with Crippen LogP contribution in [0.2, 0.25) is 0 Å². The maximum atomic E-state index is 4.54. The molecule has 1 aromatic rings. The number of nitrogens with zero attached hydrogens (tertiary/aromatic N) is 1. The van der Waals surface area contributed by atoms with Crippen LogP contribution in [-0.4, -0.2) is 11.5 Å². The molecule has 0 radical (unpaired) electrons. The van der Waals surface area contributed by atoms with Gasteiger partial charge in [0.05, 0.1) is 11.4 Å². The number of fused-ring (bicyclic) bond motifs is 1. The van der Waals surface area contributed by atoms with E-state index in [2.05, 4.69) is 30.3 Å². The van der Waals surface area contributed by atoms with E-state index < -0.39 is 0 Å². The SMILES string of the molecule is CCc1cnc2c(c1CC)NCCC2. The van der Waals surface area contributed by atoms with Gasteiger partial charge >= 0.3 is 0 Å². The monoisotopic (exact) mass is 190 g/mol. The molecule has 1 aliphatic heterocycles. The maximum Gasteiger partial charge on any atom is 0.0638 e. The topological polar surface area (TPSA) is 24.9 Å². The number of aryl methyl sites for hydroxylation is 2. The molecule has 0 unspecified atom stereocenters. The highest BCUT2D eigenvalue weighted by molar-refractivity contribution is 5.59. The van der Waals surface area contributed by atoms with Gasteiger partial charge in [-0.25, -0.2) is 0 Å². The summed E-state index contributed by atoms with van der Waals surface area (Å²) in [5.74, 6) is 0. The van der Waals surface area contributed by atoms with Crippen LogP contribution in [0.4, 0.5) is 5.69 Å².